The second-order valence-corrected chi connectivity index (χ2v) is 7.14. The summed E-state index contributed by atoms with van der Waals surface area (Å²) < 4.78 is 31.8. The molecule has 0 heterocycles. The Balaban J connectivity index is 1.87. The van der Waals surface area contributed by atoms with Gasteiger partial charge in [0.05, 0.1) is 11.5 Å². The minimum atomic E-state index is -3.54. The van der Waals surface area contributed by atoms with Crippen LogP contribution in [0.3, 0.4) is 0 Å². The van der Waals surface area contributed by atoms with E-state index in [2.05, 4.69) is 15.4 Å². The van der Waals surface area contributed by atoms with Crippen LogP contribution in [0.15, 0.2) is 29.2 Å². The fraction of sp³-hybridized carbons (Fsp3) is 0.533. The third-order valence-electron chi connectivity index (χ3n) is 3.38. The molecule has 8 heteroatoms. The summed E-state index contributed by atoms with van der Waals surface area (Å²) in [5.41, 5.74) is 0.334. The molecule has 1 aromatic carbocycles. The van der Waals surface area contributed by atoms with Crippen LogP contribution in [0, 0.1) is 0 Å². The lowest BCUT2D eigenvalue weighted by Crippen LogP contribution is -2.33. The minimum Gasteiger partial charge on any atom is -0.383 e. The molecule has 1 saturated carbocycles. The Morgan fingerprint density at radius 3 is 2.74 bits per heavy atom. The lowest BCUT2D eigenvalue weighted by atomic mass is 10.2. The van der Waals surface area contributed by atoms with Crippen molar-refractivity contribution in [1.29, 1.82) is 0 Å². The lowest BCUT2D eigenvalue weighted by molar-refractivity contribution is 0.0953. The first-order valence-corrected chi connectivity index (χ1v) is 9.11. The Morgan fingerprint density at radius 2 is 2.04 bits per heavy atom. The van der Waals surface area contributed by atoms with E-state index in [0.29, 0.717) is 31.8 Å². The predicted molar refractivity (Wildman–Crippen MR) is 86.9 cm³/mol. The molecule has 1 aliphatic carbocycles. The van der Waals surface area contributed by atoms with Gasteiger partial charge >= 0.3 is 0 Å². The summed E-state index contributed by atoms with van der Waals surface area (Å²) in [5, 5.41) is 5.86. The number of carbonyl (C=O) groups excluding carboxylic acids is 1. The van der Waals surface area contributed by atoms with E-state index in [9.17, 15) is 13.2 Å². The van der Waals surface area contributed by atoms with Crippen LogP contribution in [0.25, 0.3) is 0 Å². The van der Waals surface area contributed by atoms with Crippen molar-refractivity contribution < 1.29 is 17.9 Å². The molecule has 128 valence electrons. The topological polar surface area (TPSA) is 96.5 Å². The normalized spacial score (nSPS) is 14.7. The summed E-state index contributed by atoms with van der Waals surface area (Å²) in [5.74, 6) is -0.290. The van der Waals surface area contributed by atoms with Crippen molar-refractivity contribution in [2.24, 2.45) is 0 Å². The van der Waals surface area contributed by atoms with Crippen LogP contribution in [-0.4, -0.2) is 53.7 Å². The molecule has 0 saturated heterocycles. The zero-order valence-electron chi connectivity index (χ0n) is 13.2. The first-order valence-electron chi connectivity index (χ1n) is 7.63. The number of hydrogen-bond donors (Lipinski definition) is 3. The number of carbonyl (C=O) groups is 1. The van der Waals surface area contributed by atoms with E-state index in [-0.39, 0.29) is 16.8 Å². The summed E-state index contributed by atoms with van der Waals surface area (Å²) >= 11 is 0. The summed E-state index contributed by atoms with van der Waals surface area (Å²) in [7, 11) is -1.92. The van der Waals surface area contributed by atoms with Crippen molar-refractivity contribution in [2.75, 3.05) is 33.4 Å². The third-order valence-corrected chi connectivity index (χ3v) is 4.89. The van der Waals surface area contributed by atoms with Gasteiger partial charge in [-0.05, 0) is 31.0 Å². The first-order chi connectivity index (χ1) is 11.0. The zero-order chi connectivity index (χ0) is 16.7. The van der Waals surface area contributed by atoms with E-state index in [4.69, 9.17) is 4.74 Å². The molecule has 1 fully saturated rings. The number of amides is 1. The molecule has 1 amide bonds. The van der Waals surface area contributed by atoms with Crippen LogP contribution in [0.5, 0.6) is 0 Å². The molecule has 0 bridgehead atoms. The molecule has 0 radical (unpaired) electrons. The van der Waals surface area contributed by atoms with Gasteiger partial charge in [0.15, 0.2) is 0 Å². The Morgan fingerprint density at radius 1 is 1.26 bits per heavy atom. The van der Waals surface area contributed by atoms with Crippen LogP contribution >= 0.6 is 0 Å². The molecule has 23 heavy (non-hydrogen) atoms. The standard InChI is InChI=1S/C15H23N3O4S/c1-22-10-9-16-7-8-17-15(19)12-3-2-4-14(11-12)23(20,21)18-13-5-6-13/h2-4,11,13,16,18H,5-10H2,1H3,(H,17,19). The molecular weight excluding hydrogens is 318 g/mol. The van der Waals surface area contributed by atoms with E-state index in [1.165, 1.54) is 12.1 Å². The second kappa shape index (κ2) is 8.39. The van der Waals surface area contributed by atoms with Gasteiger partial charge in [0, 0.05) is 38.3 Å². The molecule has 0 unspecified atom stereocenters. The van der Waals surface area contributed by atoms with Gasteiger partial charge in [-0.15, -0.1) is 0 Å². The van der Waals surface area contributed by atoms with Gasteiger partial charge in [0.2, 0.25) is 10.0 Å². The van der Waals surface area contributed by atoms with E-state index < -0.39 is 10.0 Å². The van der Waals surface area contributed by atoms with Crippen molar-refractivity contribution >= 4 is 15.9 Å². The number of benzene rings is 1. The highest BCUT2D eigenvalue weighted by Gasteiger charge is 2.28. The molecule has 2 rings (SSSR count). The van der Waals surface area contributed by atoms with Gasteiger partial charge in [-0.3, -0.25) is 4.79 Å². The van der Waals surface area contributed by atoms with Crippen molar-refractivity contribution in [2.45, 2.75) is 23.8 Å². The lowest BCUT2D eigenvalue weighted by Gasteiger charge is -2.09. The number of nitrogens with one attached hydrogen (secondary N) is 3. The zero-order valence-corrected chi connectivity index (χ0v) is 14.0. The van der Waals surface area contributed by atoms with Crippen LogP contribution in [0.1, 0.15) is 23.2 Å². The van der Waals surface area contributed by atoms with E-state index >= 15 is 0 Å². The maximum Gasteiger partial charge on any atom is 0.251 e. The third kappa shape index (κ3) is 5.91. The Kier molecular flexibility index (Phi) is 6.52. The van der Waals surface area contributed by atoms with Crippen molar-refractivity contribution in [3.8, 4) is 0 Å². The van der Waals surface area contributed by atoms with Crippen LogP contribution < -0.4 is 15.4 Å². The number of hydrogen-bond acceptors (Lipinski definition) is 5. The smallest absolute Gasteiger partial charge is 0.251 e. The maximum atomic E-state index is 12.2. The van der Waals surface area contributed by atoms with E-state index in [1.807, 2.05) is 0 Å². The number of methoxy groups -OCH3 is 1. The number of sulfonamides is 1. The fourth-order valence-electron chi connectivity index (χ4n) is 1.96. The molecule has 0 atom stereocenters. The number of ether oxygens (including phenoxy) is 1. The predicted octanol–water partition coefficient (Wildman–Crippen LogP) is 0.0931. The Labute approximate surface area is 136 Å². The largest absolute Gasteiger partial charge is 0.383 e. The molecule has 0 spiro atoms. The van der Waals surface area contributed by atoms with Gasteiger partial charge in [-0.1, -0.05) is 6.07 Å². The monoisotopic (exact) mass is 341 g/mol. The van der Waals surface area contributed by atoms with Crippen LogP contribution in [0.2, 0.25) is 0 Å². The van der Waals surface area contributed by atoms with E-state index in [0.717, 1.165) is 12.8 Å². The van der Waals surface area contributed by atoms with Gasteiger partial charge in [-0.2, -0.15) is 0 Å². The van der Waals surface area contributed by atoms with Gasteiger partial charge < -0.3 is 15.4 Å². The molecule has 0 aliphatic heterocycles. The highest BCUT2D eigenvalue weighted by Crippen LogP contribution is 2.22. The second-order valence-electron chi connectivity index (χ2n) is 5.42. The van der Waals surface area contributed by atoms with Gasteiger partial charge in [-0.25, -0.2) is 13.1 Å². The molecular formula is C15H23N3O4S. The quantitative estimate of drug-likeness (QED) is 0.524. The average Bonchev–Trinajstić information content (AvgIpc) is 3.34. The van der Waals surface area contributed by atoms with Crippen molar-refractivity contribution in [1.82, 2.24) is 15.4 Å². The average molecular weight is 341 g/mol. The van der Waals surface area contributed by atoms with Crippen LogP contribution in [-0.2, 0) is 14.8 Å². The number of rotatable bonds is 10. The van der Waals surface area contributed by atoms with Gasteiger partial charge in [0.25, 0.3) is 5.91 Å². The summed E-state index contributed by atoms with van der Waals surface area (Å²) in [4.78, 5) is 12.2. The molecule has 7 nitrogen and oxygen atoms in total. The summed E-state index contributed by atoms with van der Waals surface area (Å²) in [6, 6.07) is 6.11. The van der Waals surface area contributed by atoms with Crippen molar-refractivity contribution in [3.05, 3.63) is 29.8 Å². The Hall–Kier alpha value is -1.48. The molecule has 1 aromatic rings. The SMILES string of the molecule is COCCNCCNC(=O)c1cccc(S(=O)(=O)NC2CC2)c1. The highest BCUT2D eigenvalue weighted by atomic mass is 32.2. The Bertz CT molecular complexity index is 629. The molecule has 0 aromatic heterocycles. The van der Waals surface area contributed by atoms with E-state index in [1.54, 1.807) is 19.2 Å². The van der Waals surface area contributed by atoms with Crippen molar-refractivity contribution in [3.63, 3.8) is 0 Å². The summed E-state index contributed by atoms with van der Waals surface area (Å²) in [6.45, 7) is 2.41. The first kappa shape index (κ1) is 17.9. The molecule has 1 aliphatic rings. The van der Waals surface area contributed by atoms with Crippen LogP contribution in [0.4, 0.5) is 0 Å². The summed E-state index contributed by atoms with van der Waals surface area (Å²) in [6.07, 6.45) is 1.74. The highest BCUT2D eigenvalue weighted by molar-refractivity contribution is 7.89. The minimum absolute atomic E-state index is 0.0376. The molecule has 3 N–H and O–H groups in total. The maximum absolute atomic E-state index is 12.2. The van der Waals surface area contributed by atoms with Gasteiger partial charge in [0.1, 0.15) is 0 Å². The fourth-order valence-corrected chi connectivity index (χ4v) is 3.31.